The number of amides is 1. The molecule has 1 unspecified atom stereocenters. The van der Waals surface area contributed by atoms with Gasteiger partial charge in [-0.15, -0.1) is 0 Å². The summed E-state index contributed by atoms with van der Waals surface area (Å²) in [6.07, 6.45) is 3.98. The molecule has 1 aromatic rings. The molecular formula is C15H21BrN2O. The summed E-state index contributed by atoms with van der Waals surface area (Å²) in [4.78, 5) is 12.4. The van der Waals surface area contributed by atoms with E-state index in [0.29, 0.717) is 6.54 Å². The van der Waals surface area contributed by atoms with Crippen LogP contribution in [0.4, 0.5) is 0 Å². The topological polar surface area (TPSA) is 41.1 Å². The van der Waals surface area contributed by atoms with Gasteiger partial charge < -0.3 is 10.6 Å². The molecule has 19 heavy (non-hydrogen) atoms. The Bertz CT molecular complexity index is 424. The maximum atomic E-state index is 12.4. The Morgan fingerprint density at radius 2 is 2.16 bits per heavy atom. The average Bonchev–Trinajstić information content (AvgIpc) is 2.88. The van der Waals surface area contributed by atoms with Gasteiger partial charge in [0.1, 0.15) is 0 Å². The molecule has 2 N–H and O–H groups in total. The predicted molar refractivity (Wildman–Crippen MR) is 80.9 cm³/mol. The van der Waals surface area contributed by atoms with Crippen molar-refractivity contribution < 1.29 is 4.79 Å². The first-order valence-electron chi connectivity index (χ1n) is 6.94. The molecule has 1 saturated heterocycles. The molecule has 1 atom stereocenters. The molecule has 1 aromatic carbocycles. The zero-order valence-corrected chi connectivity index (χ0v) is 12.9. The highest BCUT2D eigenvalue weighted by molar-refractivity contribution is 9.10. The van der Waals surface area contributed by atoms with Gasteiger partial charge in [-0.1, -0.05) is 41.4 Å². The molecule has 1 heterocycles. The quantitative estimate of drug-likeness (QED) is 0.874. The van der Waals surface area contributed by atoms with Gasteiger partial charge in [0.05, 0.1) is 5.54 Å². The van der Waals surface area contributed by atoms with Gasteiger partial charge in [0.2, 0.25) is 5.91 Å². The standard InChI is InChI=1S/C15H21BrN2O/c1-2-8-15(9-3-10-18-15)14(19)17-11-12-4-6-13(16)7-5-12/h4-7,18H,2-3,8-11H2,1H3,(H,17,19). The molecule has 0 bridgehead atoms. The summed E-state index contributed by atoms with van der Waals surface area (Å²) in [7, 11) is 0. The normalized spacial score (nSPS) is 22.4. The van der Waals surface area contributed by atoms with Crippen molar-refractivity contribution in [3.8, 4) is 0 Å². The van der Waals surface area contributed by atoms with Crippen LogP contribution >= 0.6 is 15.9 Å². The summed E-state index contributed by atoms with van der Waals surface area (Å²) in [6, 6.07) is 8.05. The molecule has 0 spiro atoms. The molecule has 0 aliphatic carbocycles. The summed E-state index contributed by atoms with van der Waals surface area (Å²) in [5.74, 6) is 0.148. The Morgan fingerprint density at radius 1 is 1.42 bits per heavy atom. The van der Waals surface area contributed by atoms with Crippen LogP contribution in [0.2, 0.25) is 0 Å². The van der Waals surface area contributed by atoms with Crippen LogP contribution in [0, 0.1) is 0 Å². The number of carbonyl (C=O) groups is 1. The minimum absolute atomic E-state index is 0.148. The lowest BCUT2D eigenvalue weighted by Crippen LogP contribution is -2.53. The molecule has 1 aliphatic heterocycles. The van der Waals surface area contributed by atoms with Crippen molar-refractivity contribution in [3.63, 3.8) is 0 Å². The fraction of sp³-hybridized carbons (Fsp3) is 0.533. The summed E-state index contributed by atoms with van der Waals surface area (Å²) in [6.45, 7) is 3.68. The zero-order chi connectivity index (χ0) is 13.7. The third-order valence-corrected chi connectivity index (χ3v) is 4.25. The van der Waals surface area contributed by atoms with E-state index in [-0.39, 0.29) is 11.4 Å². The minimum Gasteiger partial charge on any atom is -0.350 e. The van der Waals surface area contributed by atoms with E-state index in [2.05, 4.69) is 33.5 Å². The second kappa shape index (κ2) is 6.53. The molecule has 104 valence electrons. The number of nitrogens with one attached hydrogen (secondary N) is 2. The van der Waals surface area contributed by atoms with Gasteiger partial charge in [-0.3, -0.25) is 4.79 Å². The van der Waals surface area contributed by atoms with Crippen molar-refractivity contribution in [2.75, 3.05) is 6.54 Å². The number of halogens is 1. The zero-order valence-electron chi connectivity index (χ0n) is 11.3. The van der Waals surface area contributed by atoms with Crippen LogP contribution in [0.1, 0.15) is 38.2 Å². The largest absolute Gasteiger partial charge is 0.350 e. The predicted octanol–water partition coefficient (Wildman–Crippen LogP) is 2.99. The summed E-state index contributed by atoms with van der Waals surface area (Å²) in [5, 5.41) is 6.47. The second-order valence-corrected chi connectivity index (χ2v) is 6.09. The van der Waals surface area contributed by atoms with Gasteiger partial charge in [0.15, 0.2) is 0 Å². The van der Waals surface area contributed by atoms with E-state index >= 15 is 0 Å². The Labute approximate surface area is 123 Å². The lowest BCUT2D eigenvalue weighted by atomic mass is 9.91. The highest BCUT2D eigenvalue weighted by Crippen LogP contribution is 2.25. The fourth-order valence-corrected chi connectivity index (χ4v) is 2.97. The van der Waals surface area contributed by atoms with Crippen molar-refractivity contribution in [1.82, 2.24) is 10.6 Å². The van der Waals surface area contributed by atoms with Gasteiger partial charge >= 0.3 is 0 Å². The van der Waals surface area contributed by atoms with Crippen LogP contribution < -0.4 is 10.6 Å². The van der Waals surface area contributed by atoms with Crippen LogP contribution in [0.15, 0.2) is 28.7 Å². The van der Waals surface area contributed by atoms with E-state index in [1.54, 1.807) is 0 Å². The Balaban J connectivity index is 1.94. The van der Waals surface area contributed by atoms with Crippen molar-refractivity contribution in [2.45, 2.75) is 44.7 Å². The number of hydrogen-bond acceptors (Lipinski definition) is 2. The Kier molecular flexibility index (Phi) is 4.99. The molecule has 0 saturated carbocycles. The third kappa shape index (κ3) is 3.57. The number of hydrogen-bond donors (Lipinski definition) is 2. The molecule has 2 rings (SSSR count). The maximum absolute atomic E-state index is 12.4. The smallest absolute Gasteiger partial charge is 0.240 e. The number of rotatable bonds is 5. The number of benzene rings is 1. The van der Waals surface area contributed by atoms with Gasteiger partial charge in [-0.05, 0) is 43.5 Å². The molecule has 3 nitrogen and oxygen atoms in total. The molecule has 1 fully saturated rings. The number of carbonyl (C=O) groups excluding carboxylic acids is 1. The van der Waals surface area contributed by atoms with Crippen LogP contribution in [0.25, 0.3) is 0 Å². The highest BCUT2D eigenvalue weighted by atomic mass is 79.9. The van der Waals surface area contributed by atoms with E-state index in [1.165, 1.54) is 0 Å². The Hall–Kier alpha value is -0.870. The monoisotopic (exact) mass is 324 g/mol. The van der Waals surface area contributed by atoms with Gasteiger partial charge in [0, 0.05) is 11.0 Å². The second-order valence-electron chi connectivity index (χ2n) is 5.17. The average molecular weight is 325 g/mol. The van der Waals surface area contributed by atoms with Crippen LogP contribution in [0.3, 0.4) is 0 Å². The first-order chi connectivity index (χ1) is 9.16. The van der Waals surface area contributed by atoms with Crippen LogP contribution in [-0.2, 0) is 11.3 Å². The van der Waals surface area contributed by atoms with E-state index in [4.69, 9.17) is 0 Å². The van der Waals surface area contributed by atoms with E-state index in [0.717, 1.165) is 42.3 Å². The first kappa shape index (κ1) is 14.5. The van der Waals surface area contributed by atoms with E-state index in [9.17, 15) is 4.79 Å². The summed E-state index contributed by atoms with van der Waals surface area (Å²) in [5.41, 5.74) is 0.797. The van der Waals surface area contributed by atoms with Crippen molar-refractivity contribution >= 4 is 21.8 Å². The van der Waals surface area contributed by atoms with E-state index in [1.807, 2.05) is 24.3 Å². The molecular weight excluding hydrogens is 304 g/mol. The lowest BCUT2D eigenvalue weighted by Gasteiger charge is -2.27. The lowest BCUT2D eigenvalue weighted by molar-refractivity contribution is -0.127. The Morgan fingerprint density at radius 3 is 2.74 bits per heavy atom. The molecule has 1 aliphatic rings. The molecule has 0 aromatic heterocycles. The minimum atomic E-state index is -0.329. The van der Waals surface area contributed by atoms with Crippen molar-refractivity contribution in [3.05, 3.63) is 34.3 Å². The van der Waals surface area contributed by atoms with E-state index < -0.39 is 0 Å². The third-order valence-electron chi connectivity index (χ3n) is 3.72. The first-order valence-corrected chi connectivity index (χ1v) is 7.73. The van der Waals surface area contributed by atoms with Crippen LogP contribution in [-0.4, -0.2) is 18.0 Å². The van der Waals surface area contributed by atoms with Gasteiger partial charge in [-0.25, -0.2) is 0 Å². The van der Waals surface area contributed by atoms with Crippen LogP contribution in [0.5, 0.6) is 0 Å². The molecule has 4 heteroatoms. The SMILES string of the molecule is CCCC1(C(=O)NCc2ccc(Br)cc2)CCCN1. The summed E-state index contributed by atoms with van der Waals surface area (Å²) >= 11 is 3.41. The van der Waals surface area contributed by atoms with Crippen molar-refractivity contribution in [2.24, 2.45) is 0 Å². The van der Waals surface area contributed by atoms with Gasteiger partial charge in [0.25, 0.3) is 0 Å². The van der Waals surface area contributed by atoms with Crippen molar-refractivity contribution in [1.29, 1.82) is 0 Å². The molecule has 1 amide bonds. The highest BCUT2D eigenvalue weighted by Gasteiger charge is 2.39. The summed E-state index contributed by atoms with van der Waals surface area (Å²) < 4.78 is 1.06. The molecule has 0 radical (unpaired) electrons. The van der Waals surface area contributed by atoms with Gasteiger partial charge in [-0.2, -0.15) is 0 Å². The maximum Gasteiger partial charge on any atom is 0.240 e. The fourth-order valence-electron chi connectivity index (χ4n) is 2.71.